The van der Waals surface area contributed by atoms with Gasteiger partial charge in [0.25, 0.3) is 5.91 Å². The lowest BCUT2D eigenvalue weighted by molar-refractivity contribution is -0.130. The number of nitrogens with zero attached hydrogens (tertiary/aromatic N) is 4. The third-order valence-electron chi connectivity index (χ3n) is 8.70. The molecule has 37 heavy (non-hydrogen) atoms. The average Bonchev–Trinajstić information content (AvgIpc) is 3.45. The van der Waals surface area contributed by atoms with Gasteiger partial charge in [0, 0.05) is 47.8 Å². The first-order chi connectivity index (χ1) is 17.9. The van der Waals surface area contributed by atoms with Crippen LogP contribution < -0.4 is 10.1 Å². The number of aromatic nitrogens is 3. The van der Waals surface area contributed by atoms with Crippen molar-refractivity contribution in [1.29, 1.82) is 0 Å². The molecule has 5 heterocycles. The predicted octanol–water partition coefficient (Wildman–Crippen LogP) is 1.98. The van der Waals surface area contributed by atoms with Gasteiger partial charge in [-0.15, -0.1) is 0 Å². The molecule has 11 heteroatoms. The molecule has 2 N–H and O–H groups in total. The van der Waals surface area contributed by atoms with Gasteiger partial charge >= 0.3 is 0 Å². The third kappa shape index (κ3) is 4.48. The second-order valence-electron chi connectivity index (χ2n) is 10.9. The maximum atomic E-state index is 14.4. The zero-order valence-electron chi connectivity index (χ0n) is 21.2. The van der Waals surface area contributed by atoms with Gasteiger partial charge < -0.3 is 19.7 Å². The van der Waals surface area contributed by atoms with Gasteiger partial charge in [-0.1, -0.05) is 0 Å². The summed E-state index contributed by atoms with van der Waals surface area (Å²) in [6.45, 7) is 1.95. The fourth-order valence-electron chi connectivity index (χ4n) is 6.33. The Morgan fingerprint density at radius 3 is 2.70 bits per heavy atom. The van der Waals surface area contributed by atoms with Crippen LogP contribution in [0.25, 0.3) is 11.3 Å². The van der Waals surface area contributed by atoms with Gasteiger partial charge in [0.1, 0.15) is 0 Å². The molecule has 1 saturated carbocycles. The SMILES string of the molecule is COc1cc(-c2cc(C(=O)N3CC[C@H](C(=O)N[C@@H]4C[C@H]5COC[C@@H](C4)N5C)CC34CC4)n[nH]2)c(F)cn1. The number of amides is 2. The van der Waals surface area contributed by atoms with Crippen LogP contribution in [-0.2, 0) is 9.53 Å². The van der Waals surface area contributed by atoms with E-state index in [4.69, 9.17) is 9.47 Å². The number of likely N-dealkylation sites (N-methyl/N-ethyl adjacent to an activating group) is 1. The highest BCUT2D eigenvalue weighted by Gasteiger charge is 2.55. The number of nitrogens with one attached hydrogen (secondary N) is 2. The van der Waals surface area contributed by atoms with E-state index in [9.17, 15) is 14.0 Å². The number of ether oxygens (including phenoxy) is 2. The van der Waals surface area contributed by atoms with E-state index in [1.165, 1.54) is 13.2 Å². The molecule has 1 aliphatic carbocycles. The topological polar surface area (TPSA) is 113 Å². The lowest BCUT2D eigenvalue weighted by Gasteiger charge is -2.47. The molecule has 2 aromatic heterocycles. The molecule has 4 atom stereocenters. The Morgan fingerprint density at radius 1 is 1.24 bits per heavy atom. The van der Waals surface area contributed by atoms with Gasteiger partial charge in [0.2, 0.25) is 11.8 Å². The van der Waals surface area contributed by atoms with E-state index in [0.29, 0.717) is 37.2 Å². The van der Waals surface area contributed by atoms with Crippen molar-refractivity contribution in [2.45, 2.75) is 62.2 Å². The molecule has 3 aliphatic heterocycles. The number of hydrogen-bond acceptors (Lipinski definition) is 7. The molecule has 10 nitrogen and oxygen atoms in total. The molecule has 2 bridgehead atoms. The van der Waals surface area contributed by atoms with Crippen molar-refractivity contribution < 1.29 is 23.5 Å². The molecule has 6 rings (SSSR count). The maximum absolute atomic E-state index is 14.4. The number of morpholine rings is 1. The van der Waals surface area contributed by atoms with Crippen LogP contribution in [0.4, 0.5) is 4.39 Å². The molecule has 2 aromatic rings. The number of hydrogen-bond donors (Lipinski definition) is 2. The lowest BCUT2D eigenvalue weighted by Crippen LogP contribution is -2.60. The van der Waals surface area contributed by atoms with Crippen LogP contribution in [0.15, 0.2) is 18.3 Å². The van der Waals surface area contributed by atoms with Crippen LogP contribution in [0.3, 0.4) is 0 Å². The van der Waals surface area contributed by atoms with Crippen molar-refractivity contribution in [2.24, 2.45) is 5.92 Å². The van der Waals surface area contributed by atoms with E-state index in [1.807, 2.05) is 4.90 Å². The summed E-state index contributed by atoms with van der Waals surface area (Å²) >= 11 is 0. The summed E-state index contributed by atoms with van der Waals surface area (Å²) in [4.78, 5) is 34.8. The van der Waals surface area contributed by atoms with Crippen molar-refractivity contribution in [3.8, 4) is 17.1 Å². The number of aromatic amines is 1. The Balaban J connectivity index is 1.10. The second kappa shape index (κ2) is 9.36. The smallest absolute Gasteiger partial charge is 0.274 e. The number of pyridine rings is 1. The highest BCUT2D eigenvalue weighted by molar-refractivity contribution is 5.94. The zero-order valence-corrected chi connectivity index (χ0v) is 21.2. The summed E-state index contributed by atoms with van der Waals surface area (Å²) < 4.78 is 25.1. The Bertz CT molecular complexity index is 1190. The fourth-order valence-corrected chi connectivity index (χ4v) is 6.33. The third-order valence-corrected chi connectivity index (χ3v) is 8.70. The molecule has 1 spiro atoms. The Kier molecular flexibility index (Phi) is 6.15. The van der Waals surface area contributed by atoms with Crippen molar-refractivity contribution >= 4 is 11.8 Å². The second-order valence-corrected chi connectivity index (χ2v) is 10.9. The molecule has 2 amide bonds. The molecule has 0 aromatic carbocycles. The van der Waals surface area contributed by atoms with Gasteiger partial charge in [-0.2, -0.15) is 5.10 Å². The van der Waals surface area contributed by atoms with Gasteiger partial charge in [0.05, 0.1) is 32.2 Å². The average molecular weight is 513 g/mol. The Hall–Kier alpha value is -3.05. The first-order valence-corrected chi connectivity index (χ1v) is 13.0. The number of rotatable bonds is 5. The van der Waals surface area contributed by atoms with E-state index in [1.54, 1.807) is 6.07 Å². The number of fused-ring (bicyclic) bond motifs is 2. The zero-order chi connectivity index (χ0) is 25.7. The van der Waals surface area contributed by atoms with Crippen LogP contribution in [0.2, 0.25) is 0 Å². The summed E-state index contributed by atoms with van der Waals surface area (Å²) in [7, 11) is 3.60. The highest BCUT2D eigenvalue weighted by Crippen LogP contribution is 2.50. The number of piperidine rings is 2. The van der Waals surface area contributed by atoms with Crippen molar-refractivity contribution in [1.82, 2.24) is 30.3 Å². The van der Waals surface area contributed by atoms with E-state index in [-0.39, 0.29) is 46.5 Å². The molecule has 198 valence electrons. The quantitative estimate of drug-likeness (QED) is 0.630. The molecule has 4 fully saturated rings. The van der Waals surface area contributed by atoms with E-state index < -0.39 is 5.82 Å². The standard InChI is InChI=1S/C26H33FN6O4/c1-32-17-7-16(8-18(32)14-37-13-17)29-24(34)15-3-6-33(26(11-15)4-5-26)25(35)22-10-21(30-31-22)19-9-23(36-2)28-12-20(19)27/h9-10,12,15-18H,3-8,11,13-14H2,1-2H3,(H,29,34)(H,30,31)/t15-,16-,17+,18-/m0/s1. The summed E-state index contributed by atoms with van der Waals surface area (Å²) in [5.74, 6) is -0.447. The summed E-state index contributed by atoms with van der Waals surface area (Å²) in [6, 6.07) is 3.91. The van der Waals surface area contributed by atoms with Crippen LogP contribution in [0.5, 0.6) is 5.88 Å². The molecular weight excluding hydrogens is 479 g/mol. The van der Waals surface area contributed by atoms with Gasteiger partial charge in [0.15, 0.2) is 11.5 Å². The molecule has 0 unspecified atom stereocenters. The molecule has 3 saturated heterocycles. The van der Waals surface area contributed by atoms with Crippen molar-refractivity contribution in [3.63, 3.8) is 0 Å². The Labute approximate surface area is 214 Å². The largest absolute Gasteiger partial charge is 0.481 e. The van der Waals surface area contributed by atoms with Gasteiger partial charge in [-0.3, -0.25) is 19.6 Å². The van der Waals surface area contributed by atoms with E-state index >= 15 is 0 Å². The summed E-state index contributed by atoms with van der Waals surface area (Å²) in [6.07, 6.45) is 5.95. The van der Waals surface area contributed by atoms with Crippen LogP contribution in [-0.4, -0.2) is 94.4 Å². The fraction of sp³-hybridized carbons (Fsp3) is 0.615. The molecular formula is C26H33FN6O4. The van der Waals surface area contributed by atoms with Crippen LogP contribution in [0.1, 0.15) is 49.0 Å². The summed E-state index contributed by atoms with van der Waals surface area (Å²) in [5.41, 5.74) is 0.562. The van der Waals surface area contributed by atoms with E-state index in [0.717, 1.165) is 45.1 Å². The van der Waals surface area contributed by atoms with E-state index in [2.05, 4.69) is 32.4 Å². The number of carbonyl (C=O) groups is 2. The van der Waals surface area contributed by atoms with Crippen LogP contribution >= 0.6 is 0 Å². The number of H-pyrrole nitrogens is 1. The number of likely N-dealkylation sites (tertiary alicyclic amines) is 1. The number of methoxy groups -OCH3 is 1. The van der Waals surface area contributed by atoms with Crippen molar-refractivity contribution in [3.05, 3.63) is 29.8 Å². The Morgan fingerprint density at radius 2 is 2.00 bits per heavy atom. The molecule has 4 aliphatic rings. The minimum atomic E-state index is -0.533. The summed E-state index contributed by atoms with van der Waals surface area (Å²) in [5, 5.41) is 10.3. The molecule has 0 radical (unpaired) electrons. The number of carbonyl (C=O) groups excluding carboxylic acids is 2. The first kappa shape index (κ1) is 24.3. The monoisotopic (exact) mass is 512 g/mol. The van der Waals surface area contributed by atoms with Crippen LogP contribution in [0, 0.1) is 11.7 Å². The highest BCUT2D eigenvalue weighted by atomic mass is 19.1. The number of halogens is 1. The minimum Gasteiger partial charge on any atom is -0.481 e. The van der Waals surface area contributed by atoms with Crippen molar-refractivity contribution in [2.75, 3.05) is 33.9 Å². The maximum Gasteiger partial charge on any atom is 0.274 e. The van der Waals surface area contributed by atoms with Gasteiger partial charge in [-0.25, -0.2) is 9.37 Å². The lowest BCUT2D eigenvalue weighted by atomic mass is 9.86. The predicted molar refractivity (Wildman–Crippen MR) is 131 cm³/mol. The first-order valence-electron chi connectivity index (χ1n) is 13.0. The normalized spacial score (nSPS) is 28.7. The van der Waals surface area contributed by atoms with Gasteiger partial charge in [-0.05, 0) is 51.6 Å². The minimum absolute atomic E-state index is 0.101.